The first kappa shape index (κ1) is 25.6. The van der Waals surface area contributed by atoms with Crippen molar-refractivity contribution in [2.45, 2.75) is 77.6 Å². The zero-order chi connectivity index (χ0) is 26.1. The van der Waals surface area contributed by atoms with Crippen molar-refractivity contribution in [2.24, 2.45) is 16.9 Å². The van der Waals surface area contributed by atoms with Gasteiger partial charge in [0.25, 0.3) is 0 Å². The molecule has 37 heavy (non-hydrogen) atoms. The SMILES string of the molecule is Cc1ccc(C)c(CSC2=NNC3N(Cc4ccccc4)C(=O)C4CCC(C(=O)NC(C)C)CC4N23)c1. The van der Waals surface area contributed by atoms with Crippen molar-refractivity contribution in [3.63, 3.8) is 0 Å². The van der Waals surface area contributed by atoms with Crippen molar-refractivity contribution in [3.05, 3.63) is 70.8 Å². The van der Waals surface area contributed by atoms with Gasteiger partial charge in [0.1, 0.15) is 0 Å². The molecule has 5 rings (SSSR count). The molecule has 2 N–H and O–H groups in total. The van der Waals surface area contributed by atoms with Crippen molar-refractivity contribution in [2.75, 3.05) is 0 Å². The third-order valence-corrected chi connectivity index (χ3v) is 8.70. The molecular formula is C29H37N5O2S. The summed E-state index contributed by atoms with van der Waals surface area (Å²) < 4.78 is 0. The van der Waals surface area contributed by atoms with Gasteiger partial charge in [-0.1, -0.05) is 65.9 Å². The molecule has 2 heterocycles. The number of benzene rings is 2. The van der Waals surface area contributed by atoms with Gasteiger partial charge in [-0.15, -0.1) is 0 Å². The summed E-state index contributed by atoms with van der Waals surface area (Å²) >= 11 is 1.71. The summed E-state index contributed by atoms with van der Waals surface area (Å²) in [7, 11) is 0. The van der Waals surface area contributed by atoms with Crippen molar-refractivity contribution >= 4 is 28.7 Å². The Morgan fingerprint density at radius 1 is 1.16 bits per heavy atom. The second-order valence-corrected chi connectivity index (χ2v) is 11.8. The maximum Gasteiger partial charge on any atom is 0.231 e. The summed E-state index contributed by atoms with van der Waals surface area (Å²) in [5.41, 5.74) is 8.18. The molecule has 0 radical (unpaired) electrons. The smallest absolute Gasteiger partial charge is 0.231 e. The summed E-state index contributed by atoms with van der Waals surface area (Å²) in [5.74, 6) is 0.815. The fraction of sp³-hybridized carbons (Fsp3) is 0.483. The molecular weight excluding hydrogens is 482 g/mol. The van der Waals surface area contributed by atoms with Gasteiger partial charge in [-0.05, 0) is 63.6 Å². The fourth-order valence-corrected chi connectivity index (χ4v) is 6.84. The van der Waals surface area contributed by atoms with Crippen LogP contribution < -0.4 is 10.7 Å². The Balaban J connectivity index is 1.41. The molecule has 2 aromatic carbocycles. The Hall–Kier alpha value is -3.00. The molecule has 4 unspecified atom stereocenters. The number of hydrazone groups is 1. The molecule has 8 heteroatoms. The predicted octanol–water partition coefficient (Wildman–Crippen LogP) is 4.35. The van der Waals surface area contributed by atoms with E-state index in [1.807, 2.05) is 36.9 Å². The molecule has 0 bridgehead atoms. The second kappa shape index (κ2) is 10.8. The number of amides is 2. The van der Waals surface area contributed by atoms with Gasteiger partial charge >= 0.3 is 0 Å². The number of carbonyl (C=O) groups is 2. The van der Waals surface area contributed by atoms with Gasteiger partial charge in [-0.25, -0.2) is 0 Å². The number of fused-ring (bicyclic) bond motifs is 3. The van der Waals surface area contributed by atoms with E-state index in [1.54, 1.807) is 11.8 Å². The van der Waals surface area contributed by atoms with Crippen LogP contribution in [0, 0.1) is 25.7 Å². The van der Waals surface area contributed by atoms with Crippen LogP contribution in [0.1, 0.15) is 55.4 Å². The number of hydrogen-bond donors (Lipinski definition) is 2. The van der Waals surface area contributed by atoms with E-state index in [0.717, 1.165) is 22.9 Å². The monoisotopic (exact) mass is 519 g/mol. The molecule has 0 spiro atoms. The number of aryl methyl sites for hydroxylation is 2. The van der Waals surface area contributed by atoms with Crippen LogP contribution in [-0.4, -0.2) is 45.2 Å². The molecule has 2 aromatic rings. The van der Waals surface area contributed by atoms with E-state index >= 15 is 0 Å². The molecule has 0 aromatic heterocycles. The van der Waals surface area contributed by atoms with Gasteiger partial charge in [0, 0.05) is 30.3 Å². The summed E-state index contributed by atoms with van der Waals surface area (Å²) in [5, 5.41) is 8.73. The molecule has 1 saturated carbocycles. The maximum atomic E-state index is 13.8. The molecule has 4 atom stereocenters. The first-order valence-corrected chi connectivity index (χ1v) is 14.3. The number of nitrogens with one attached hydrogen (secondary N) is 2. The lowest BCUT2D eigenvalue weighted by atomic mass is 9.75. The second-order valence-electron chi connectivity index (χ2n) is 10.8. The number of nitrogens with zero attached hydrogens (tertiary/aromatic N) is 3. The van der Waals surface area contributed by atoms with Crippen LogP contribution in [-0.2, 0) is 21.9 Å². The minimum atomic E-state index is -0.345. The van der Waals surface area contributed by atoms with Crippen molar-refractivity contribution in [3.8, 4) is 0 Å². The van der Waals surface area contributed by atoms with Crippen LogP contribution in [0.4, 0.5) is 0 Å². The summed E-state index contributed by atoms with van der Waals surface area (Å²) in [6, 6.07) is 16.7. The first-order chi connectivity index (χ1) is 17.8. The summed E-state index contributed by atoms with van der Waals surface area (Å²) in [6.07, 6.45) is 1.76. The molecule has 2 fully saturated rings. The highest BCUT2D eigenvalue weighted by Gasteiger charge is 2.53. The fourth-order valence-electron chi connectivity index (χ4n) is 5.75. The molecule has 2 amide bonds. The first-order valence-electron chi connectivity index (χ1n) is 13.3. The standard InChI is InChI=1S/C29H37N5O2S/c1-18(2)30-26(35)22-12-13-24-25(15-22)34-28(33(27(24)36)16-21-8-6-5-7-9-21)31-32-29(34)37-17-23-14-19(3)10-11-20(23)4/h5-11,14,18,22,24-25,28,31H,12-13,15-17H2,1-4H3,(H,30,35). The highest BCUT2D eigenvalue weighted by molar-refractivity contribution is 8.13. The average molecular weight is 520 g/mol. The van der Waals surface area contributed by atoms with Gasteiger partial charge in [-0.3, -0.25) is 19.9 Å². The topological polar surface area (TPSA) is 77.0 Å². The minimum absolute atomic E-state index is 0.0546. The van der Waals surface area contributed by atoms with Crippen LogP contribution >= 0.6 is 11.8 Å². The third kappa shape index (κ3) is 5.35. The largest absolute Gasteiger partial charge is 0.354 e. The molecule has 1 aliphatic carbocycles. The Bertz CT molecular complexity index is 1180. The van der Waals surface area contributed by atoms with Crippen LogP contribution in [0.5, 0.6) is 0 Å². The molecule has 3 aliphatic rings. The number of carbonyl (C=O) groups excluding carboxylic acids is 2. The van der Waals surface area contributed by atoms with E-state index in [9.17, 15) is 9.59 Å². The molecule has 196 valence electrons. The number of amidine groups is 1. The maximum absolute atomic E-state index is 13.8. The lowest BCUT2D eigenvalue weighted by molar-refractivity contribution is -0.159. The highest BCUT2D eigenvalue weighted by atomic mass is 32.2. The van der Waals surface area contributed by atoms with E-state index in [-0.39, 0.29) is 42.0 Å². The number of thioether (sulfide) groups is 1. The van der Waals surface area contributed by atoms with Crippen LogP contribution in [0.15, 0.2) is 53.6 Å². The Kier molecular flexibility index (Phi) is 7.47. The summed E-state index contributed by atoms with van der Waals surface area (Å²) in [4.78, 5) is 31.0. The lowest BCUT2D eigenvalue weighted by Gasteiger charge is -2.51. The van der Waals surface area contributed by atoms with E-state index < -0.39 is 0 Å². The van der Waals surface area contributed by atoms with Crippen molar-refractivity contribution < 1.29 is 9.59 Å². The van der Waals surface area contributed by atoms with Gasteiger partial charge in [0.15, 0.2) is 11.5 Å². The normalized spacial score (nSPS) is 24.9. The lowest BCUT2D eigenvalue weighted by Crippen LogP contribution is -2.67. The van der Waals surface area contributed by atoms with E-state index in [1.165, 1.54) is 16.7 Å². The highest BCUT2D eigenvalue weighted by Crippen LogP contribution is 2.42. The minimum Gasteiger partial charge on any atom is -0.354 e. The van der Waals surface area contributed by atoms with Gasteiger partial charge in [-0.2, -0.15) is 5.10 Å². The van der Waals surface area contributed by atoms with Crippen LogP contribution in [0.2, 0.25) is 0 Å². The van der Waals surface area contributed by atoms with E-state index in [4.69, 9.17) is 5.10 Å². The van der Waals surface area contributed by atoms with Crippen LogP contribution in [0.3, 0.4) is 0 Å². The number of rotatable bonds is 6. The zero-order valence-corrected chi connectivity index (χ0v) is 22.9. The van der Waals surface area contributed by atoms with Gasteiger partial charge < -0.3 is 10.2 Å². The van der Waals surface area contributed by atoms with Crippen molar-refractivity contribution in [1.29, 1.82) is 0 Å². The zero-order valence-electron chi connectivity index (χ0n) is 22.1. The Morgan fingerprint density at radius 3 is 2.70 bits per heavy atom. The van der Waals surface area contributed by atoms with Gasteiger partial charge in [0.2, 0.25) is 11.8 Å². The van der Waals surface area contributed by atoms with Crippen molar-refractivity contribution in [1.82, 2.24) is 20.5 Å². The Labute approximate surface area is 224 Å². The molecule has 7 nitrogen and oxygen atoms in total. The predicted molar refractivity (Wildman–Crippen MR) is 148 cm³/mol. The molecule has 1 saturated heterocycles. The van der Waals surface area contributed by atoms with E-state index in [0.29, 0.717) is 19.4 Å². The van der Waals surface area contributed by atoms with Gasteiger partial charge in [0.05, 0.1) is 5.92 Å². The third-order valence-electron chi connectivity index (χ3n) is 7.69. The number of hydrogen-bond acceptors (Lipinski definition) is 6. The average Bonchev–Trinajstić information content (AvgIpc) is 3.31. The quantitative estimate of drug-likeness (QED) is 0.594. The summed E-state index contributed by atoms with van der Waals surface area (Å²) in [6.45, 7) is 8.77. The van der Waals surface area contributed by atoms with Crippen LogP contribution in [0.25, 0.3) is 0 Å². The molecule has 2 aliphatic heterocycles. The van der Waals surface area contributed by atoms with E-state index in [2.05, 4.69) is 59.8 Å². The Morgan fingerprint density at radius 2 is 1.95 bits per heavy atom.